The highest BCUT2D eigenvalue weighted by molar-refractivity contribution is 9.10. The van der Waals surface area contributed by atoms with E-state index >= 15 is 0 Å². The van der Waals surface area contributed by atoms with Crippen LogP contribution in [0, 0.1) is 0 Å². The molecule has 1 saturated carbocycles. The average molecular weight is 312 g/mol. The Morgan fingerprint density at radius 2 is 1.94 bits per heavy atom. The first-order valence-corrected chi connectivity index (χ1v) is 7.74. The van der Waals surface area contributed by atoms with Crippen LogP contribution in [0.2, 0.25) is 0 Å². The first-order valence-electron chi connectivity index (χ1n) is 6.94. The lowest BCUT2D eigenvalue weighted by atomic mass is 10.0. The Balaban J connectivity index is 2.41. The van der Waals surface area contributed by atoms with E-state index in [4.69, 9.17) is 4.98 Å². The molecule has 1 aromatic rings. The quantitative estimate of drug-likeness (QED) is 0.892. The van der Waals surface area contributed by atoms with E-state index < -0.39 is 0 Å². The van der Waals surface area contributed by atoms with E-state index in [-0.39, 0.29) is 0 Å². The summed E-state index contributed by atoms with van der Waals surface area (Å²) in [6, 6.07) is 0. The van der Waals surface area contributed by atoms with E-state index in [1.54, 1.807) is 0 Å². The van der Waals surface area contributed by atoms with Gasteiger partial charge in [-0.25, -0.2) is 9.97 Å². The molecule has 2 rings (SSSR count). The number of aromatic nitrogens is 2. The SMILES string of the molecule is CCNc1nc(C(C)C)nc(C2CCCC2)c1Br. The molecule has 1 heterocycles. The third kappa shape index (κ3) is 2.85. The maximum absolute atomic E-state index is 4.80. The lowest BCUT2D eigenvalue weighted by Crippen LogP contribution is -2.10. The second-order valence-corrected chi connectivity index (χ2v) is 6.09. The van der Waals surface area contributed by atoms with Gasteiger partial charge in [0.05, 0.1) is 10.2 Å². The van der Waals surface area contributed by atoms with Gasteiger partial charge in [0.1, 0.15) is 11.6 Å². The Morgan fingerprint density at radius 3 is 2.50 bits per heavy atom. The number of rotatable bonds is 4. The van der Waals surface area contributed by atoms with Crippen molar-refractivity contribution in [1.29, 1.82) is 0 Å². The highest BCUT2D eigenvalue weighted by Gasteiger charge is 2.24. The molecule has 18 heavy (non-hydrogen) atoms. The first kappa shape index (κ1) is 13.8. The zero-order valence-corrected chi connectivity index (χ0v) is 13.0. The third-order valence-electron chi connectivity index (χ3n) is 3.50. The summed E-state index contributed by atoms with van der Waals surface area (Å²) in [5.41, 5.74) is 1.21. The molecule has 0 aliphatic heterocycles. The molecule has 0 amide bonds. The molecular formula is C14H22BrN3. The molecule has 0 radical (unpaired) electrons. The van der Waals surface area contributed by atoms with Crippen molar-refractivity contribution in [3.05, 3.63) is 16.0 Å². The zero-order chi connectivity index (χ0) is 13.1. The smallest absolute Gasteiger partial charge is 0.144 e. The van der Waals surface area contributed by atoms with Crippen molar-refractivity contribution in [1.82, 2.24) is 9.97 Å². The number of hydrogen-bond acceptors (Lipinski definition) is 3. The standard InChI is InChI=1S/C14H22BrN3/c1-4-16-14-11(15)12(10-7-5-6-8-10)17-13(18-14)9(2)3/h9-10H,4-8H2,1-3H3,(H,16,17,18). The summed E-state index contributed by atoms with van der Waals surface area (Å²) in [4.78, 5) is 9.42. The van der Waals surface area contributed by atoms with E-state index in [1.807, 2.05) is 0 Å². The normalized spacial score (nSPS) is 16.5. The lowest BCUT2D eigenvalue weighted by molar-refractivity contribution is 0.665. The average Bonchev–Trinajstić information content (AvgIpc) is 2.85. The molecule has 1 aliphatic carbocycles. The molecule has 0 atom stereocenters. The van der Waals surface area contributed by atoms with E-state index in [0.717, 1.165) is 22.7 Å². The number of nitrogens with one attached hydrogen (secondary N) is 1. The minimum absolute atomic E-state index is 0.371. The minimum Gasteiger partial charge on any atom is -0.369 e. The highest BCUT2D eigenvalue weighted by Crippen LogP contribution is 2.39. The summed E-state index contributed by atoms with van der Waals surface area (Å²) >= 11 is 3.69. The molecule has 0 saturated heterocycles. The van der Waals surface area contributed by atoms with Crippen LogP contribution in [0.3, 0.4) is 0 Å². The van der Waals surface area contributed by atoms with Gasteiger partial charge in [-0.05, 0) is 35.7 Å². The first-order chi connectivity index (χ1) is 8.63. The van der Waals surface area contributed by atoms with Gasteiger partial charge in [0.2, 0.25) is 0 Å². The number of halogens is 1. The predicted octanol–water partition coefficient (Wildman–Crippen LogP) is 4.45. The van der Waals surface area contributed by atoms with Gasteiger partial charge in [0.15, 0.2) is 0 Å². The zero-order valence-electron chi connectivity index (χ0n) is 11.5. The molecule has 0 bridgehead atoms. The van der Waals surface area contributed by atoms with Crippen molar-refractivity contribution in [2.75, 3.05) is 11.9 Å². The Morgan fingerprint density at radius 1 is 1.28 bits per heavy atom. The van der Waals surface area contributed by atoms with Gasteiger partial charge in [0, 0.05) is 18.4 Å². The summed E-state index contributed by atoms with van der Waals surface area (Å²) < 4.78 is 1.07. The molecule has 0 spiro atoms. The molecule has 3 nitrogen and oxygen atoms in total. The van der Waals surface area contributed by atoms with E-state index in [9.17, 15) is 0 Å². The topological polar surface area (TPSA) is 37.8 Å². The van der Waals surface area contributed by atoms with Crippen molar-refractivity contribution in [3.63, 3.8) is 0 Å². The summed E-state index contributed by atoms with van der Waals surface area (Å²) in [6.45, 7) is 7.28. The number of hydrogen-bond donors (Lipinski definition) is 1. The fourth-order valence-corrected chi connectivity index (χ4v) is 3.14. The summed E-state index contributed by atoms with van der Waals surface area (Å²) in [7, 11) is 0. The predicted molar refractivity (Wildman–Crippen MR) is 79.2 cm³/mol. The number of anilines is 1. The van der Waals surface area contributed by atoms with Crippen molar-refractivity contribution in [2.45, 2.75) is 58.3 Å². The largest absolute Gasteiger partial charge is 0.369 e. The monoisotopic (exact) mass is 311 g/mol. The second kappa shape index (κ2) is 6.00. The van der Waals surface area contributed by atoms with Gasteiger partial charge >= 0.3 is 0 Å². The van der Waals surface area contributed by atoms with Crippen molar-refractivity contribution >= 4 is 21.7 Å². The maximum Gasteiger partial charge on any atom is 0.144 e. The number of nitrogens with zero attached hydrogens (tertiary/aromatic N) is 2. The molecule has 1 aliphatic rings. The van der Waals surface area contributed by atoms with Crippen molar-refractivity contribution in [2.24, 2.45) is 0 Å². The Kier molecular flexibility index (Phi) is 4.60. The molecule has 1 aromatic heterocycles. The van der Waals surface area contributed by atoms with Crippen LogP contribution in [0.5, 0.6) is 0 Å². The van der Waals surface area contributed by atoms with Crippen LogP contribution in [0.15, 0.2) is 4.47 Å². The van der Waals surface area contributed by atoms with Crippen molar-refractivity contribution in [3.8, 4) is 0 Å². The molecule has 0 aromatic carbocycles. The molecule has 1 N–H and O–H groups in total. The van der Waals surface area contributed by atoms with Crippen LogP contribution in [0.4, 0.5) is 5.82 Å². The van der Waals surface area contributed by atoms with Crippen LogP contribution in [-0.4, -0.2) is 16.5 Å². The molecular weight excluding hydrogens is 290 g/mol. The maximum atomic E-state index is 4.80. The van der Waals surface area contributed by atoms with Gasteiger partial charge in [0.25, 0.3) is 0 Å². The van der Waals surface area contributed by atoms with Crippen LogP contribution in [-0.2, 0) is 0 Å². The van der Waals surface area contributed by atoms with Gasteiger partial charge in [-0.2, -0.15) is 0 Å². The fourth-order valence-electron chi connectivity index (χ4n) is 2.49. The van der Waals surface area contributed by atoms with Crippen LogP contribution < -0.4 is 5.32 Å². The van der Waals surface area contributed by atoms with Crippen LogP contribution in [0.25, 0.3) is 0 Å². The summed E-state index contributed by atoms with van der Waals surface area (Å²) in [5, 5.41) is 3.34. The van der Waals surface area contributed by atoms with Crippen molar-refractivity contribution < 1.29 is 0 Å². The molecule has 100 valence electrons. The van der Waals surface area contributed by atoms with E-state index in [1.165, 1.54) is 31.4 Å². The fraction of sp³-hybridized carbons (Fsp3) is 0.714. The van der Waals surface area contributed by atoms with Crippen LogP contribution in [0.1, 0.15) is 69.8 Å². The van der Waals surface area contributed by atoms with Gasteiger partial charge in [-0.15, -0.1) is 0 Å². The Labute approximate surface area is 118 Å². The summed E-state index contributed by atoms with van der Waals surface area (Å²) in [5.74, 6) is 2.89. The van der Waals surface area contributed by atoms with E-state index in [2.05, 4.69) is 47.0 Å². The second-order valence-electron chi connectivity index (χ2n) is 5.30. The molecule has 4 heteroatoms. The molecule has 0 unspecified atom stereocenters. The Hall–Kier alpha value is -0.640. The molecule has 1 fully saturated rings. The summed E-state index contributed by atoms with van der Waals surface area (Å²) in [6.07, 6.45) is 5.18. The Bertz CT molecular complexity index is 412. The lowest BCUT2D eigenvalue weighted by Gasteiger charge is -2.17. The van der Waals surface area contributed by atoms with Gasteiger partial charge in [-0.1, -0.05) is 26.7 Å². The van der Waals surface area contributed by atoms with Gasteiger partial charge in [-0.3, -0.25) is 0 Å². The van der Waals surface area contributed by atoms with Crippen LogP contribution >= 0.6 is 15.9 Å². The third-order valence-corrected chi connectivity index (χ3v) is 4.28. The highest BCUT2D eigenvalue weighted by atomic mass is 79.9. The van der Waals surface area contributed by atoms with Gasteiger partial charge < -0.3 is 5.32 Å². The van der Waals surface area contributed by atoms with E-state index in [0.29, 0.717) is 11.8 Å². The minimum atomic E-state index is 0.371.